The lowest BCUT2D eigenvalue weighted by atomic mass is 9.85. The van der Waals surface area contributed by atoms with Gasteiger partial charge in [-0.2, -0.15) is 0 Å². The molecule has 1 aromatic heterocycles. The third-order valence-electron chi connectivity index (χ3n) is 4.39. The normalized spacial score (nSPS) is 23.4. The summed E-state index contributed by atoms with van der Waals surface area (Å²) in [5, 5.41) is 3.18. The summed E-state index contributed by atoms with van der Waals surface area (Å²) in [4.78, 5) is 7.10. The average Bonchev–Trinajstić information content (AvgIpc) is 2.39. The first-order chi connectivity index (χ1) is 9.13. The van der Waals surface area contributed by atoms with Gasteiger partial charge in [-0.15, -0.1) is 0 Å². The molecule has 1 N–H and O–H groups in total. The van der Waals surface area contributed by atoms with Gasteiger partial charge in [0.05, 0.1) is 0 Å². The molecule has 19 heavy (non-hydrogen) atoms. The summed E-state index contributed by atoms with van der Waals surface area (Å²) in [5.74, 6) is 1.93. The van der Waals surface area contributed by atoms with Gasteiger partial charge in [-0.3, -0.25) is 0 Å². The monoisotopic (exact) mass is 261 g/mol. The molecular weight excluding hydrogens is 234 g/mol. The highest BCUT2D eigenvalue weighted by atomic mass is 15.2. The minimum atomic E-state index is 0.648. The number of anilines is 1. The van der Waals surface area contributed by atoms with Crippen LogP contribution in [0.25, 0.3) is 0 Å². The predicted octanol–water partition coefficient (Wildman–Crippen LogP) is 3.12. The van der Waals surface area contributed by atoms with Crippen LogP contribution in [0.5, 0.6) is 0 Å². The Balaban J connectivity index is 2.16. The molecule has 1 aromatic rings. The molecule has 3 nitrogen and oxygen atoms in total. The van der Waals surface area contributed by atoms with E-state index in [1.165, 1.54) is 36.8 Å². The van der Waals surface area contributed by atoms with Crippen molar-refractivity contribution >= 4 is 5.82 Å². The van der Waals surface area contributed by atoms with Crippen LogP contribution in [0, 0.1) is 12.8 Å². The van der Waals surface area contributed by atoms with Gasteiger partial charge in [-0.25, -0.2) is 4.98 Å². The molecule has 3 heteroatoms. The van der Waals surface area contributed by atoms with Gasteiger partial charge in [0.2, 0.25) is 0 Å². The lowest BCUT2D eigenvalue weighted by molar-refractivity contribution is 0.320. The van der Waals surface area contributed by atoms with Gasteiger partial charge in [0, 0.05) is 25.8 Å². The van der Waals surface area contributed by atoms with Gasteiger partial charge in [-0.05, 0) is 49.9 Å². The third-order valence-corrected chi connectivity index (χ3v) is 4.39. The number of aryl methyl sites for hydroxylation is 1. The lowest BCUT2D eigenvalue weighted by Crippen LogP contribution is -2.39. The second-order valence-corrected chi connectivity index (χ2v) is 5.95. The molecule has 0 aromatic carbocycles. The van der Waals surface area contributed by atoms with Crippen LogP contribution in [0.4, 0.5) is 5.82 Å². The van der Waals surface area contributed by atoms with Crippen LogP contribution in [-0.2, 0) is 6.54 Å². The molecule has 2 atom stereocenters. The van der Waals surface area contributed by atoms with Crippen LogP contribution in [0.3, 0.4) is 0 Å². The van der Waals surface area contributed by atoms with E-state index >= 15 is 0 Å². The van der Waals surface area contributed by atoms with Gasteiger partial charge in [0.1, 0.15) is 5.82 Å². The molecule has 0 bridgehead atoms. The van der Waals surface area contributed by atoms with E-state index in [-0.39, 0.29) is 0 Å². The largest absolute Gasteiger partial charge is 0.356 e. The number of aromatic nitrogens is 1. The second-order valence-electron chi connectivity index (χ2n) is 5.95. The van der Waals surface area contributed by atoms with E-state index in [1.807, 2.05) is 13.2 Å². The summed E-state index contributed by atoms with van der Waals surface area (Å²) >= 11 is 0. The molecule has 106 valence electrons. The molecule has 1 fully saturated rings. The second kappa shape index (κ2) is 6.38. The molecule has 1 heterocycles. The Morgan fingerprint density at radius 2 is 2.11 bits per heavy atom. The quantitative estimate of drug-likeness (QED) is 0.902. The fourth-order valence-corrected chi connectivity index (χ4v) is 3.32. The van der Waals surface area contributed by atoms with Gasteiger partial charge in [0.15, 0.2) is 0 Å². The topological polar surface area (TPSA) is 28.2 Å². The minimum absolute atomic E-state index is 0.648. The Morgan fingerprint density at radius 1 is 1.37 bits per heavy atom. The van der Waals surface area contributed by atoms with Gasteiger partial charge >= 0.3 is 0 Å². The van der Waals surface area contributed by atoms with Crippen LogP contribution in [-0.4, -0.2) is 25.1 Å². The predicted molar refractivity (Wildman–Crippen MR) is 81.6 cm³/mol. The summed E-state index contributed by atoms with van der Waals surface area (Å²) in [7, 11) is 4.18. The molecule has 0 aliphatic heterocycles. The summed E-state index contributed by atoms with van der Waals surface area (Å²) < 4.78 is 0. The van der Waals surface area contributed by atoms with E-state index in [4.69, 9.17) is 4.98 Å². The highest BCUT2D eigenvalue weighted by Crippen LogP contribution is 2.30. The molecule has 2 unspecified atom stereocenters. The van der Waals surface area contributed by atoms with Crippen LogP contribution < -0.4 is 10.2 Å². The van der Waals surface area contributed by atoms with Crippen molar-refractivity contribution in [3.63, 3.8) is 0 Å². The number of hydrogen-bond donors (Lipinski definition) is 1. The van der Waals surface area contributed by atoms with E-state index in [1.54, 1.807) is 0 Å². The smallest absolute Gasteiger partial charge is 0.131 e. The summed E-state index contributed by atoms with van der Waals surface area (Å²) in [6.07, 6.45) is 7.40. The Kier molecular flexibility index (Phi) is 4.81. The molecule has 0 amide bonds. The van der Waals surface area contributed by atoms with Gasteiger partial charge in [0.25, 0.3) is 0 Å². The zero-order chi connectivity index (χ0) is 13.8. The SMILES string of the molecule is CNCc1cnc(N(C)C2CCCCC2C)c(C)c1. The number of nitrogens with zero attached hydrogens (tertiary/aromatic N) is 2. The van der Waals surface area contributed by atoms with Crippen molar-refractivity contribution in [1.82, 2.24) is 10.3 Å². The molecule has 1 aliphatic rings. The average molecular weight is 261 g/mol. The van der Waals surface area contributed by atoms with Gasteiger partial charge in [-0.1, -0.05) is 19.8 Å². The van der Waals surface area contributed by atoms with E-state index in [0.29, 0.717) is 6.04 Å². The molecule has 0 spiro atoms. The van der Waals surface area contributed by atoms with Crippen molar-refractivity contribution in [1.29, 1.82) is 0 Å². The molecular formula is C16H27N3. The Labute approximate surface area is 117 Å². The highest BCUT2D eigenvalue weighted by Gasteiger charge is 2.26. The van der Waals surface area contributed by atoms with E-state index in [2.05, 4.69) is 37.2 Å². The van der Waals surface area contributed by atoms with Gasteiger partial charge < -0.3 is 10.2 Å². The lowest BCUT2D eigenvalue weighted by Gasteiger charge is -2.37. The molecule has 0 saturated heterocycles. The fraction of sp³-hybridized carbons (Fsp3) is 0.688. The molecule has 2 rings (SSSR count). The third kappa shape index (κ3) is 3.27. The van der Waals surface area contributed by atoms with Crippen LogP contribution in [0.15, 0.2) is 12.3 Å². The summed E-state index contributed by atoms with van der Waals surface area (Å²) in [5.41, 5.74) is 2.54. The van der Waals surface area contributed by atoms with Crippen LogP contribution >= 0.6 is 0 Å². The zero-order valence-electron chi connectivity index (χ0n) is 12.7. The van der Waals surface area contributed by atoms with Crippen molar-refractivity contribution in [2.45, 2.75) is 52.1 Å². The molecule has 1 aliphatic carbocycles. The number of nitrogens with one attached hydrogen (secondary N) is 1. The highest BCUT2D eigenvalue weighted by molar-refractivity contribution is 5.47. The number of rotatable bonds is 4. The van der Waals surface area contributed by atoms with Crippen molar-refractivity contribution in [3.8, 4) is 0 Å². The number of hydrogen-bond acceptors (Lipinski definition) is 3. The summed E-state index contributed by atoms with van der Waals surface area (Å²) in [6, 6.07) is 2.90. The number of pyridine rings is 1. The van der Waals surface area contributed by atoms with Crippen LogP contribution in [0.2, 0.25) is 0 Å². The Morgan fingerprint density at radius 3 is 2.74 bits per heavy atom. The first-order valence-electron chi connectivity index (χ1n) is 7.46. The van der Waals surface area contributed by atoms with Crippen molar-refractivity contribution < 1.29 is 0 Å². The van der Waals surface area contributed by atoms with E-state index in [9.17, 15) is 0 Å². The van der Waals surface area contributed by atoms with Crippen molar-refractivity contribution in [2.24, 2.45) is 5.92 Å². The van der Waals surface area contributed by atoms with Crippen molar-refractivity contribution in [3.05, 3.63) is 23.4 Å². The maximum atomic E-state index is 4.69. The fourth-order valence-electron chi connectivity index (χ4n) is 3.32. The molecule has 1 saturated carbocycles. The Hall–Kier alpha value is -1.09. The van der Waals surface area contributed by atoms with E-state index in [0.717, 1.165) is 18.3 Å². The maximum Gasteiger partial charge on any atom is 0.131 e. The standard InChI is InChI=1S/C16H27N3/c1-12-7-5-6-8-15(12)19(4)16-13(2)9-14(10-17-3)11-18-16/h9,11-12,15,17H,5-8,10H2,1-4H3. The summed E-state index contributed by atoms with van der Waals surface area (Å²) in [6.45, 7) is 5.44. The first-order valence-corrected chi connectivity index (χ1v) is 7.46. The zero-order valence-corrected chi connectivity index (χ0v) is 12.7. The van der Waals surface area contributed by atoms with Crippen molar-refractivity contribution in [2.75, 3.05) is 19.0 Å². The minimum Gasteiger partial charge on any atom is -0.356 e. The van der Waals surface area contributed by atoms with Crippen LogP contribution in [0.1, 0.15) is 43.7 Å². The maximum absolute atomic E-state index is 4.69. The first kappa shape index (κ1) is 14.3. The van der Waals surface area contributed by atoms with E-state index < -0.39 is 0 Å². The molecule has 0 radical (unpaired) electrons. The Bertz CT molecular complexity index is 416.